The van der Waals surface area contributed by atoms with E-state index in [9.17, 15) is 14.9 Å². The van der Waals surface area contributed by atoms with Gasteiger partial charge < -0.3 is 15.0 Å². The van der Waals surface area contributed by atoms with Crippen molar-refractivity contribution in [2.75, 3.05) is 19.0 Å². The van der Waals surface area contributed by atoms with E-state index in [0.717, 1.165) is 21.2 Å². The lowest BCUT2D eigenvalue weighted by Crippen LogP contribution is -2.35. The number of nitriles is 1. The summed E-state index contributed by atoms with van der Waals surface area (Å²) in [5.74, 6) is -0.259. The number of nitrogens with one attached hydrogen (secondary N) is 1. The van der Waals surface area contributed by atoms with Crippen LogP contribution >= 0.6 is 11.3 Å². The molecule has 2 heterocycles. The number of carbonyl (C=O) groups is 2. The van der Waals surface area contributed by atoms with Crippen molar-refractivity contribution in [3.05, 3.63) is 64.0 Å². The van der Waals surface area contributed by atoms with Crippen LogP contribution in [0.3, 0.4) is 0 Å². The van der Waals surface area contributed by atoms with Gasteiger partial charge in [0.1, 0.15) is 11.1 Å². The number of thiophene rings is 1. The predicted octanol–water partition coefficient (Wildman–Crippen LogP) is 4.15. The van der Waals surface area contributed by atoms with Crippen molar-refractivity contribution in [1.29, 1.82) is 5.26 Å². The van der Waals surface area contributed by atoms with Crippen LogP contribution in [0.1, 0.15) is 26.4 Å². The Kier molecular flexibility index (Phi) is 4.72. The highest BCUT2D eigenvalue weighted by Gasteiger charge is 2.28. The number of hydrogen-bond donors (Lipinski definition) is 1. The molecule has 28 heavy (non-hydrogen) atoms. The number of hydrogen-bond acceptors (Lipinski definition) is 5. The number of anilines is 1. The normalized spacial score (nSPS) is 12.9. The predicted molar refractivity (Wildman–Crippen MR) is 107 cm³/mol. The molecule has 3 aromatic rings. The van der Waals surface area contributed by atoms with Crippen molar-refractivity contribution in [2.24, 2.45) is 0 Å². The van der Waals surface area contributed by atoms with Crippen LogP contribution in [0, 0.1) is 11.3 Å². The van der Waals surface area contributed by atoms with Crippen LogP contribution in [-0.2, 0) is 17.7 Å². The largest absolute Gasteiger partial charge is 0.453 e. The van der Waals surface area contributed by atoms with E-state index in [1.807, 2.05) is 36.4 Å². The van der Waals surface area contributed by atoms with Crippen molar-refractivity contribution in [2.45, 2.75) is 13.0 Å². The highest BCUT2D eigenvalue weighted by atomic mass is 32.1. The Morgan fingerprint density at radius 1 is 1.21 bits per heavy atom. The second-order valence-corrected chi connectivity index (χ2v) is 7.58. The minimum absolute atomic E-state index is 0.259. The molecule has 140 valence electrons. The van der Waals surface area contributed by atoms with Gasteiger partial charge in [-0.15, -0.1) is 11.3 Å². The third kappa shape index (κ3) is 3.19. The van der Waals surface area contributed by atoms with E-state index in [1.165, 1.54) is 18.4 Å². The summed E-state index contributed by atoms with van der Waals surface area (Å²) >= 11 is 1.34. The van der Waals surface area contributed by atoms with Gasteiger partial charge in [-0.25, -0.2) is 4.79 Å². The van der Waals surface area contributed by atoms with Crippen molar-refractivity contribution >= 4 is 39.1 Å². The van der Waals surface area contributed by atoms with Gasteiger partial charge in [0.15, 0.2) is 0 Å². The summed E-state index contributed by atoms with van der Waals surface area (Å²) in [7, 11) is 1.35. The van der Waals surface area contributed by atoms with E-state index in [2.05, 4.69) is 11.4 Å². The molecule has 0 spiro atoms. The number of ether oxygens (including phenoxy) is 1. The Morgan fingerprint density at radius 3 is 2.75 bits per heavy atom. The monoisotopic (exact) mass is 391 g/mol. The lowest BCUT2D eigenvalue weighted by Gasteiger charge is -2.25. The van der Waals surface area contributed by atoms with Gasteiger partial charge in [-0.2, -0.15) is 5.26 Å². The Morgan fingerprint density at radius 2 is 2.00 bits per heavy atom. The molecule has 0 saturated heterocycles. The van der Waals surface area contributed by atoms with Crippen molar-refractivity contribution in [3.63, 3.8) is 0 Å². The summed E-state index contributed by atoms with van der Waals surface area (Å²) in [6, 6.07) is 15.6. The molecule has 1 N–H and O–H groups in total. The fourth-order valence-corrected chi connectivity index (χ4v) is 4.61. The maximum absolute atomic E-state index is 12.8. The molecule has 1 aliphatic heterocycles. The summed E-state index contributed by atoms with van der Waals surface area (Å²) in [6.45, 7) is 0.871. The average molecular weight is 391 g/mol. The van der Waals surface area contributed by atoms with Crippen LogP contribution in [0.2, 0.25) is 0 Å². The Bertz CT molecular complexity index is 1130. The number of amides is 2. The SMILES string of the molecule is COC(=O)N1CCc2c(sc(NC(=O)c3ccc4ccccc4c3)c2C#N)C1. The van der Waals surface area contributed by atoms with Crippen LogP contribution < -0.4 is 5.32 Å². The standard InChI is InChI=1S/C21H17N3O3S/c1-27-21(26)24-9-8-16-17(11-22)20(28-18(16)12-24)23-19(25)15-7-6-13-4-2-3-5-14(13)10-15/h2-7,10H,8-9,12H2,1H3,(H,23,25). The molecule has 0 radical (unpaired) electrons. The number of nitrogens with zero attached hydrogens (tertiary/aromatic N) is 2. The zero-order chi connectivity index (χ0) is 19.7. The molecular formula is C21H17N3O3S. The quantitative estimate of drug-likeness (QED) is 0.711. The first-order valence-corrected chi connectivity index (χ1v) is 9.60. The fraction of sp³-hybridized carbons (Fsp3) is 0.190. The minimum Gasteiger partial charge on any atom is -0.453 e. The third-order valence-electron chi connectivity index (χ3n) is 4.84. The Hall–Kier alpha value is -3.37. The van der Waals surface area contributed by atoms with Gasteiger partial charge in [0, 0.05) is 17.0 Å². The molecule has 7 heteroatoms. The maximum Gasteiger partial charge on any atom is 0.409 e. The van der Waals surface area contributed by atoms with Gasteiger partial charge >= 0.3 is 6.09 Å². The molecule has 0 bridgehead atoms. The van der Waals surface area contributed by atoms with E-state index >= 15 is 0 Å². The summed E-state index contributed by atoms with van der Waals surface area (Å²) in [5.41, 5.74) is 1.92. The molecule has 2 amide bonds. The number of methoxy groups -OCH3 is 1. The first-order chi connectivity index (χ1) is 13.6. The topological polar surface area (TPSA) is 82.4 Å². The summed E-state index contributed by atoms with van der Waals surface area (Å²) < 4.78 is 4.78. The number of fused-ring (bicyclic) bond motifs is 2. The molecule has 0 saturated carbocycles. The van der Waals surface area contributed by atoms with E-state index in [1.54, 1.807) is 11.0 Å². The molecule has 0 aliphatic carbocycles. The van der Waals surface area contributed by atoms with Crippen molar-refractivity contribution in [1.82, 2.24) is 4.90 Å². The number of carbonyl (C=O) groups excluding carboxylic acids is 2. The lowest BCUT2D eigenvalue weighted by molar-refractivity contribution is 0.102. The summed E-state index contributed by atoms with van der Waals surface area (Å²) in [4.78, 5) is 27.0. The highest BCUT2D eigenvalue weighted by Crippen LogP contribution is 2.37. The fourth-order valence-electron chi connectivity index (χ4n) is 3.40. The van der Waals surface area contributed by atoms with E-state index in [0.29, 0.717) is 35.6 Å². The van der Waals surface area contributed by atoms with Gasteiger partial charge in [0.25, 0.3) is 5.91 Å². The van der Waals surface area contributed by atoms with Crippen LogP contribution in [0.5, 0.6) is 0 Å². The van der Waals surface area contributed by atoms with Gasteiger partial charge in [-0.1, -0.05) is 30.3 Å². The van der Waals surface area contributed by atoms with E-state index in [-0.39, 0.29) is 12.0 Å². The van der Waals surface area contributed by atoms with Crippen molar-refractivity contribution in [3.8, 4) is 6.07 Å². The van der Waals surface area contributed by atoms with Gasteiger partial charge in [0.05, 0.1) is 19.2 Å². The molecule has 1 aliphatic rings. The molecule has 2 aromatic carbocycles. The zero-order valence-electron chi connectivity index (χ0n) is 15.2. The van der Waals surface area contributed by atoms with Crippen LogP contribution in [0.4, 0.5) is 9.80 Å². The molecule has 0 atom stereocenters. The Balaban J connectivity index is 1.61. The van der Waals surface area contributed by atoms with Gasteiger partial charge in [0.2, 0.25) is 0 Å². The molecule has 6 nitrogen and oxygen atoms in total. The van der Waals surface area contributed by atoms with Crippen LogP contribution in [0.25, 0.3) is 10.8 Å². The molecule has 4 rings (SSSR count). The number of benzene rings is 2. The molecule has 1 aromatic heterocycles. The minimum atomic E-state index is -0.390. The van der Waals surface area contributed by atoms with E-state index < -0.39 is 0 Å². The van der Waals surface area contributed by atoms with Crippen LogP contribution in [-0.4, -0.2) is 30.6 Å². The zero-order valence-corrected chi connectivity index (χ0v) is 16.0. The smallest absolute Gasteiger partial charge is 0.409 e. The van der Waals surface area contributed by atoms with Crippen LogP contribution in [0.15, 0.2) is 42.5 Å². The van der Waals surface area contributed by atoms with Gasteiger partial charge in [-0.3, -0.25) is 4.79 Å². The lowest BCUT2D eigenvalue weighted by atomic mass is 10.0. The maximum atomic E-state index is 12.8. The second kappa shape index (κ2) is 7.33. The van der Waals surface area contributed by atoms with Gasteiger partial charge in [-0.05, 0) is 34.9 Å². The first kappa shape index (κ1) is 18.0. The average Bonchev–Trinajstić information content (AvgIpc) is 3.08. The van der Waals surface area contributed by atoms with Crippen molar-refractivity contribution < 1.29 is 14.3 Å². The second-order valence-electron chi connectivity index (χ2n) is 6.48. The Labute approximate surface area is 165 Å². The number of rotatable bonds is 2. The van der Waals surface area contributed by atoms with E-state index in [4.69, 9.17) is 4.74 Å². The summed E-state index contributed by atoms with van der Waals surface area (Å²) in [6.07, 6.45) is 0.176. The molecule has 0 fully saturated rings. The summed E-state index contributed by atoms with van der Waals surface area (Å²) in [5, 5.41) is 15.1. The first-order valence-electron chi connectivity index (χ1n) is 8.78. The molecule has 0 unspecified atom stereocenters. The third-order valence-corrected chi connectivity index (χ3v) is 5.97. The molecular weight excluding hydrogens is 374 g/mol. The highest BCUT2D eigenvalue weighted by molar-refractivity contribution is 7.16.